The Morgan fingerprint density at radius 2 is 2.21 bits per heavy atom. The van der Waals surface area contributed by atoms with Crippen LogP contribution in [0.4, 0.5) is 5.69 Å². The maximum Gasteiger partial charge on any atom is 0.336 e. The van der Waals surface area contributed by atoms with Gasteiger partial charge in [0, 0.05) is 10.2 Å². The Kier molecular flexibility index (Phi) is 4.21. The predicted octanol–water partition coefficient (Wildman–Crippen LogP) is 2.51. The molecule has 0 aromatic heterocycles. The van der Waals surface area contributed by atoms with Gasteiger partial charge < -0.3 is 15.2 Å². The van der Waals surface area contributed by atoms with E-state index in [2.05, 4.69) is 21.2 Å². The molecular weight excluding hydrogens is 314 g/mol. The number of carboxylic acid groups (broad SMARTS) is 1. The number of ether oxygens (including phenoxy) is 1. The van der Waals surface area contributed by atoms with Gasteiger partial charge in [-0.2, -0.15) is 0 Å². The topological polar surface area (TPSA) is 75.6 Å². The minimum Gasteiger partial charge on any atom is -0.478 e. The van der Waals surface area contributed by atoms with Crippen LogP contribution in [0.1, 0.15) is 23.7 Å². The summed E-state index contributed by atoms with van der Waals surface area (Å²) in [5, 5.41) is 11.7. The maximum atomic E-state index is 12.0. The minimum absolute atomic E-state index is 0.0928. The van der Waals surface area contributed by atoms with E-state index in [1.165, 1.54) is 6.07 Å². The van der Waals surface area contributed by atoms with Gasteiger partial charge in [0.05, 0.1) is 24.2 Å². The van der Waals surface area contributed by atoms with E-state index in [0.29, 0.717) is 23.2 Å². The Balaban J connectivity index is 2.09. The molecule has 2 rings (SSSR count). The highest BCUT2D eigenvalue weighted by Crippen LogP contribution is 2.24. The first-order valence-electron chi connectivity index (χ1n) is 5.92. The standard InChI is InChI=1S/C13H14BrNO4/c1-7-4-8(6-19-7)12(16)15-9-2-3-11(14)10(5-9)13(17)18/h2-3,5,7-8H,4,6H2,1H3,(H,15,16)(H,17,18). The number of rotatable bonds is 3. The molecule has 1 aromatic carbocycles. The number of anilines is 1. The lowest BCUT2D eigenvalue weighted by atomic mass is 10.1. The molecule has 1 heterocycles. The van der Waals surface area contributed by atoms with E-state index < -0.39 is 5.97 Å². The van der Waals surface area contributed by atoms with Crippen LogP contribution in [0, 0.1) is 5.92 Å². The molecule has 102 valence electrons. The summed E-state index contributed by atoms with van der Waals surface area (Å²) in [6.07, 6.45) is 0.781. The van der Waals surface area contributed by atoms with E-state index in [9.17, 15) is 9.59 Å². The van der Waals surface area contributed by atoms with Gasteiger partial charge in [-0.25, -0.2) is 4.79 Å². The van der Waals surface area contributed by atoms with Crippen LogP contribution in [0.5, 0.6) is 0 Å². The summed E-state index contributed by atoms with van der Waals surface area (Å²) >= 11 is 3.16. The molecule has 0 radical (unpaired) electrons. The molecule has 1 aromatic rings. The third kappa shape index (κ3) is 3.33. The number of benzene rings is 1. The van der Waals surface area contributed by atoms with Crippen LogP contribution in [-0.4, -0.2) is 29.7 Å². The number of aromatic carboxylic acids is 1. The van der Waals surface area contributed by atoms with Crippen LogP contribution in [-0.2, 0) is 9.53 Å². The van der Waals surface area contributed by atoms with Crippen LogP contribution in [0.25, 0.3) is 0 Å². The Morgan fingerprint density at radius 3 is 2.79 bits per heavy atom. The number of amides is 1. The average Bonchev–Trinajstić information content (AvgIpc) is 2.78. The SMILES string of the molecule is CC1CC(C(=O)Nc2ccc(Br)c(C(=O)O)c2)CO1. The number of halogens is 1. The molecule has 2 N–H and O–H groups in total. The second kappa shape index (κ2) is 5.71. The van der Waals surface area contributed by atoms with Crippen molar-refractivity contribution in [1.29, 1.82) is 0 Å². The van der Waals surface area contributed by atoms with Crippen molar-refractivity contribution in [2.24, 2.45) is 5.92 Å². The summed E-state index contributed by atoms with van der Waals surface area (Å²) in [7, 11) is 0. The zero-order chi connectivity index (χ0) is 14.0. The highest BCUT2D eigenvalue weighted by molar-refractivity contribution is 9.10. The van der Waals surface area contributed by atoms with Crippen molar-refractivity contribution in [2.75, 3.05) is 11.9 Å². The molecule has 1 fully saturated rings. The molecule has 0 aliphatic carbocycles. The van der Waals surface area contributed by atoms with Crippen LogP contribution >= 0.6 is 15.9 Å². The molecule has 1 aliphatic heterocycles. The molecule has 0 bridgehead atoms. The summed E-state index contributed by atoms with van der Waals surface area (Å²) in [5.41, 5.74) is 0.596. The number of hydrogen-bond acceptors (Lipinski definition) is 3. The Hall–Kier alpha value is -1.40. The zero-order valence-corrected chi connectivity index (χ0v) is 11.9. The van der Waals surface area contributed by atoms with Crippen molar-refractivity contribution in [1.82, 2.24) is 0 Å². The smallest absolute Gasteiger partial charge is 0.336 e. The monoisotopic (exact) mass is 327 g/mol. The van der Waals surface area contributed by atoms with Crippen molar-refractivity contribution in [2.45, 2.75) is 19.4 Å². The summed E-state index contributed by atoms with van der Waals surface area (Å²) in [6, 6.07) is 4.70. The molecule has 0 spiro atoms. The third-order valence-electron chi connectivity index (χ3n) is 3.03. The highest BCUT2D eigenvalue weighted by atomic mass is 79.9. The molecule has 19 heavy (non-hydrogen) atoms. The largest absolute Gasteiger partial charge is 0.478 e. The van der Waals surface area contributed by atoms with Crippen LogP contribution in [0.3, 0.4) is 0 Å². The van der Waals surface area contributed by atoms with Crippen molar-refractivity contribution in [3.63, 3.8) is 0 Å². The van der Waals surface area contributed by atoms with Gasteiger partial charge in [0.2, 0.25) is 5.91 Å². The molecular formula is C13H14BrNO4. The van der Waals surface area contributed by atoms with Crippen molar-refractivity contribution >= 4 is 33.5 Å². The Labute approximate surface area is 119 Å². The number of nitrogens with one attached hydrogen (secondary N) is 1. The van der Waals surface area contributed by atoms with E-state index in [1.54, 1.807) is 12.1 Å². The van der Waals surface area contributed by atoms with E-state index in [4.69, 9.17) is 9.84 Å². The van der Waals surface area contributed by atoms with Crippen LogP contribution in [0.2, 0.25) is 0 Å². The number of carbonyl (C=O) groups is 2. The summed E-state index contributed by atoms with van der Waals surface area (Å²) in [6.45, 7) is 2.34. The Morgan fingerprint density at radius 1 is 1.47 bits per heavy atom. The van der Waals surface area contributed by atoms with Gasteiger partial charge >= 0.3 is 5.97 Å². The Bertz CT molecular complexity index is 517. The summed E-state index contributed by atoms with van der Waals surface area (Å²) in [5.74, 6) is -1.35. The normalized spacial score (nSPS) is 22.2. The van der Waals surface area contributed by atoms with Gasteiger partial charge in [-0.05, 0) is 47.5 Å². The second-order valence-electron chi connectivity index (χ2n) is 4.57. The van der Waals surface area contributed by atoms with Crippen LogP contribution < -0.4 is 5.32 Å². The molecule has 2 unspecified atom stereocenters. The molecule has 1 aliphatic rings. The van der Waals surface area contributed by atoms with Crippen molar-refractivity contribution in [3.8, 4) is 0 Å². The number of hydrogen-bond donors (Lipinski definition) is 2. The van der Waals surface area contributed by atoms with Gasteiger partial charge in [-0.15, -0.1) is 0 Å². The van der Waals surface area contributed by atoms with Crippen molar-refractivity contribution in [3.05, 3.63) is 28.2 Å². The average molecular weight is 328 g/mol. The van der Waals surface area contributed by atoms with E-state index in [1.807, 2.05) is 6.92 Å². The van der Waals surface area contributed by atoms with E-state index in [0.717, 1.165) is 0 Å². The molecule has 6 heteroatoms. The fraction of sp³-hybridized carbons (Fsp3) is 0.385. The zero-order valence-electron chi connectivity index (χ0n) is 10.4. The van der Waals surface area contributed by atoms with Gasteiger partial charge in [-0.1, -0.05) is 0 Å². The molecule has 5 nitrogen and oxygen atoms in total. The maximum absolute atomic E-state index is 12.0. The lowest BCUT2D eigenvalue weighted by Crippen LogP contribution is -2.23. The second-order valence-corrected chi connectivity index (χ2v) is 5.42. The third-order valence-corrected chi connectivity index (χ3v) is 3.72. The molecule has 0 saturated carbocycles. The quantitative estimate of drug-likeness (QED) is 0.894. The lowest BCUT2D eigenvalue weighted by Gasteiger charge is -2.10. The highest BCUT2D eigenvalue weighted by Gasteiger charge is 2.28. The van der Waals surface area contributed by atoms with Gasteiger partial charge in [0.1, 0.15) is 0 Å². The van der Waals surface area contributed by atoms with Crippen molar-refractivity contribution < 1.29 is 19.4 Å². The number of carbonyl (C=O) groups excluding carboxylic acids is 1. The van der Waals surface area contributed by atoms with Gasteiger partial charge in [-0.3, -0.25) is 4.79 Å². The van der Waals surface area contributed by atoms with E-state index in [-0.39, 0.29) is 23.5 Å². The predicted molar refractivity (Wildman–Crippen MR) is 73.3 cm³/mol. The first-order valence-corrected chi connectivity index (χ1v) is 6.72. The molecule has 1 saturated heterocycles. The van der Waals surface area contributed by atoms with E-state index >= 15 is 0 Å². The van der Waals surface area contributed by atoms with Crippen LogP contribution in [0.15, 0.2) is 22.7 Å². The lowest BCUT2D eigenvalue weighted by molar-refractivity contribution is -0.119. The minimum atomic E-state index is -1.04. The van der Waals surface area contributed by atoms with Gasteiger partial charge in [0.15, 0.2) is 0 Å². The summed E-state index contributed by atoms with van der Waals surface area (Å²) < 4.78 is 5.83. The first kappa shape index (κ1) is 14.0. The molecule has 1 amide bonds. The summed E-state index contributed by atoms with van der Waals surface area (Å²) in [4.78, 5) is 23.0. The fourth-order valence-electron chi connectivity index (χ4n) is 2.01. The van der Waals surface area contributed by atoms with Gasteiger partial charge in [0.25, 0.3) is 0 Å². The molecule has 2 atom stereocenters. The number of carboxylic acids is 1. The first-order chi connectivity index (χ1) is 8.97. The fourth-order valence-corrected chi connectivity index (χ4v) is 2.43.